The summed E-state index contributed by atoms with van der Waals surface area (Å²) >= 11 is 3.64. The van der Waals surface area contributed by atoms with Crippen molar-refractivity contribution in [2.45, 2.75) is 44.2 Å². The topological polar surface area (TPSA) is 25.2 Å². The lowest BCUT2D eigenvalue weighted by Crippen LogP contribution is -2.53. The van der Waals surface area contributed by atoms with Gasteiger partial charge in [0.1, 0.15) is 0 Å². The van der Waals surface area contributed by atoms with Crippen LogP contribution in [-0.4, -0.2) is 21.9 Å². The maximum absolute atomic E-state index is 12.3. The van der Waals surface area contributed by atoms with Crippen molar-refractivity contribution in [2.75, 3.05) is 6.54 Å². The van der Waals surface area contributed by atoms with Crippen LogP contribution in [0.4, 0.5) is 0 Å². The van der Waals surface area contributed by atoms with Crippen LogP contribution in [0.1, 0.15) is 37.8 Å². The maximum atomic E-state index is 12.3. The minimum absolute atomic E-state index is 0.0274. The Morgan fingerprint density at radius 3 is 3.06 bits per heavy atom. The molecule has 1 saturated carbocycles. The molecule has 1 saturated heterocycles. The zero-order chi connectivity index (χ0) is 12.3. The van der Waals surface area contributed by atoms with Gasteiger partial charge in [0.15, 0.2) is 0 Å². The summed E-state index contributed by atoms with van der Waals surface area (Å²) < 4.78 is 3.53. The predicted octanol–water partition coefficient (Wildman–Crippen LogP) is 2.88. The summed E-state index contributed by atoms with van der Waals surface area (Å²) in [4.78, 5) is 14.5. The predicted molar refractivity (Wildman–Crippen MR) is 72.1 cm³/mol. The van der Waals surface area contributed by atoms with Crippen molar-refractivity contribution < 1.29 is 4.79 Å². The van der Waals surface area contributed by atoms with Crippen LogP contribution in [0.2, 0.25) is 0 Å². The van der Waals surface area contributed by atoms with Gasteiger partial charge in [-0.15, -0.1) is 0 Å². The van der Waals surface area contributed by atoms with Gasteiger partial charge in [0.25, 0.3) is 0 Å². The minimum atomic E-state index is 0.0274. The molecule has 0 radical (unpaired) electrons. The van der Waals surface area contributed by atoms with Crippen LogP contribution in [0.15, 0.2) is 16.7 Å². The quantitative estimate of drug-likeness (QED) is 0.723. The van der Waals surface area contributed by atoms with E-state index in [1.165, 1.54) is 25.0 Å². The SMILES string of the molecule is O=C1C[C@H]2CCCC[C@]23c2ccc(Br)n2CCN13. The molecule has 1 amide bonds. The van der Waals surface area contributed by atoms with E-state index in [1.54, 1.807) is 0 Å². The molecule has 0 bridgehead atoms. The van der Waals surface area contributed by atoms with E-state index in [2.05, 4.69) is 37.5 Å². The number of hydrogen-bond acceptors (Lipinski definition) is 1. The first-order valence-electron chi connectivity index (χ1n) is 6.89. The van der Waals surface area contributed by atoms with E-state index in [-0.39, 0.29) is 5.54 Å². The third-order valence-electron chi connectivity index (χ3n) is 5.16. The standard InChI is InChI=1S/C14H17BrN2O/c15-12-5-4-11-14-6-2-1-3-10(14)9-13(18)17(14)8-7-16(11)12/h4-5,10H,1-3,6-9H2/t10-,14-/m1/s1. The first-order valence-corrected chi connectivity index (χ1v) is 7.69. The molecule has 1 aromatic rings. The Balaban J connectivity index is 1.93. The van der Waals surface area contributed by atoms with E-state index in [9.17, 15) is 4.79 Å². The van der Waals surface area contributed by atoms with Gasteiger partial charge in [-0.05, 0) is 46.8 Å². The number of rotatable bonds is 0. The number of halogens is 1. The molecule has 4 rings (SSSR count). The van der Waals surface area contributed by atoms with Gasteiger partial charge in [-0.25, -0.2) is 0 Å². The van der Waals surface area contributed by atoms with Crippen molar-refractivity contribution in [3.8, 4) is 0 Å². The van der Waals surface area contributed by atoms with Crippen LogP contribution < -0.4 is 0 Å². The highest BCUT2D eigenvalue weighted by Crippen LogP contribution is 2.54. The summed E-state index contributed by atoms with van der Waals surface area (Å²) in [6.07, 6.45) is 5.67. The Morgan fingerprint density at radius 1 is 1.28 bits per heavy atom. The molecule has 3 aliphatic rings. The van der Waals surface area contributed by atoms with E-state index in [4.69, 9.17) is 0 Å². The van der Waals surface area contributed by atoms with Crippen LogP contribution in [0.25, 0.3) is 0 Å². The highest BCUT2D eigenvalue weighted by Gasteiger charge is 2.56. The fourth-order valence-electron chi connectivity index (χ4n) is 4.45. The Bertz CT molecular complexity index is 524. The number of nitrogens with zero attached hydrogens (tertiary/aromatic N) is 2. The number of aromatic nitrogens is 1. The van der Waals surface area contributed by atoms with Gasteiger partial charge < -0.3 is 9.47 Å². The van der Waals surface area contributed by atoms with Crippen molar-refractivity contribution in [1.82, 2.24) is 9.47 Å². The second-order valence-corrected chi connectivity index (χ2v) is 6.62. The molecular formula is C14H17BrN2O. The van der Waals surface area contributed by atoms with Crippen LogP contribution in [0.3, 0.4) is 0 Å². The molecule has 2 aliphatic heterocycles. The average Bonchev–Trinajstić information content (AvgIpc) is 2.88. The molecule has 3 nitrogen and oxygen atoms in total. The molecule has 2 atom stereocenters. The lowest BCUT2D eigenvalue weighted by atomic mass is 9.71. The second-order valence-electron chi connectivity index (χ2n) is 5.81. The van der Waals surface area contributed by atoms with Crippen LogP contribution in [0.5, 0.6) is 0 Å². The number of hydrogen-bond donors (Lipinski definition) is 0. The normalized spacial score (nSPS) is 34.2. The fraction of sp³-hybridized carbons (Fsp3) is 0.643. The molecule has 3 heterocycles. The van der Waals surface area contributed by atoms with Crippen LogP contribution in [0, 0.1) is 5.92 Å². The zero-order valence-electron chi connectivity index (χ0n) is 10.4. The number of carbonyl (C=O) groups excluding carboxylic acids is 1. The summed E-state index contributed by atoms with van der Waals surface area (Å²) in [5.74, 6) is 0.921. The first-order chi connectivity index (χ1) is 8.73. The minimum Gasteiger partial charge on any atom is -0.335 e. The monoisotopic (exact) mass is 308 g/mol. The lowest BCUT2D eigenvalue weighted by molar-refractivity contribution is -0.133. The molecular weight excluding hydrogens is 292 g/mol. The number of amides is 1. The van der Waals surface area contributed by atoms with E-state index in [0.29, 0.717) is 11.8 Å². The molecule has 0 unspecified atom stereocenters. The Kier molecular flexibility index (Phi) is 2.23. The number of carbonyl (C=O) groups is 1. The largest absolute Gasteiger partial charge is 0.335 e. The zero-order valence-corrected chi connectivity index (χ0v) is 11.9. The van der Waals surface area contributed by atoms with Crippen LogP contribution >= 0.6 is 15.9 Å². The van der Waals surface area contributed by atoms with E-state index < -0.39 is 0 Å². The average molecular weight is 309 g/mol. The van der Waals surface area contributed by atoms with Gasteiger partial charge in [-0.1, -0.05) is 12.8 Å². The Hall–Kier alpha value is -0.770. The summed E-state index contributed by atoms with van der Waals surface area (Å²) in [6, 6.07) is 4.37. The Labute approximate surface area is 115 Å². The molecule has 18 heavy (non-hydrogen) atoms. The van der Waals surface area contributed by atoms with Crippen molar-refractivity contribution in [1.29, 1.82) is 0 Å². The highest BCUT2D eigenvalue weighted by atomic mass is 79.9. The third-order valence-corrected chi connectivity index (χ3v) is 5.85. The molecule has 0 N–H and O–H groups in total. The van der Waals surface area contributed by atoms with Gasteiger partial charge in [-0.2, -0.15) is 0 Å². The van der Waals surface area contributed by atoms with E-state index in [1.807, 2.05) is 0 Å². The molecule has 2 fully saturated rings. The lowest BCUT2D eigenvalue weighted by Gasteiger charge is -2.48. The Morgan fingerprint density at radius 2 is 2.17 bits per heavy atom. The van der Waals surface area contributed by atoms with E-state index >= 15 is 0 Å². The van der Waals surface area contributed by atoms with Gasteiger partial charge in [-0.3, -0.25) is 4.79 Å². The van der Waals surface area contributed by atoms with Gasteiger partial charge >= 0.3 is 0 Å². The first kappa shape index (κ1) is 11.1. The van der Waals surface area contributed by atoms with Gasteiger partial charge in [0.05, 0.1) is 10.1 Å². The molecule has 1 aromatic heterocycles. The summed E-state index contributed by atoms with van der Waals surface area (Å²) in [6.45, 7) is 1.82. The fourth-order valence-corrected chi connectivity index (χ4v) is 4.95. The second kappa shape index (κ2) is 3.62. The van der Waals surface area contributed by atoms with Gasteiger partial charge in [0.2, 0.25) is 5.91 Å². The van der Waals surface area contributed by atoms with Gasteiger partial charge in [0, 0.05) is 25.2 Å². The molecule has 96 valence electrons. The smallest absolute Gasteiger partial charge is 0.223 e. The molecule has 1 spiro atoms. The van der Waals surface area contributed by atoms with Crippen molar-refractivity contribution in [3.63, 3.8) is 0 Å². The maximum Gasteiger partial charge on any atom is 0.223 e. The summed E-state index contributed by atoms with van der Waals surface area (Å²) in [5.41, 5.74) is 1.40. The van der Waals surface area contributed by atoms with Crippen molar-refractivity contribution >= 4 is 21.8 Å². The molecule has 1 aliphatic carbocycles. The van der Waals surface area contributed by atoms with Crippen molar-refractivity contribution in [2.24, 2.45) is 5.92 Å². The molecule has 4 heteroatoms. The third kappa shape index (κ3) is 1.18. The van der Waals surface area contributed by atoms with E-state index in [0.717, 1.165) is 30.5 Å². The summed E-state index contributed by atoms with van der Waals surface area (Å²) in [7, 11) is 0. The van der Waals surface area contributed by atoms with Crippen molar-refractivity contribution in [3.05, 3.63) is 22.4 Å². The molecule has 0 aromatic carbocycles. The number of fused-ring (bicyclic) bond motifs is 1. The van der Waals surface area contributed by atoms with Crippen LogP contribution in [-0.2, 0) is 16.9 Å². The highest BCUT2D eigenvalue weighted by molar-refractivity contribution is 9.10. The summed E-state index contributed by atoms with van der Waals surface area (Å²) in [5, 5.41) is 0.